The van der Waals surface area contributed by atoms with E-state index in [9.17, 15) is 4.79 Å². The molecule has 0 aliphatic heterocycles. The number of nitrogens with two attached hydrogens (primary N) is 1. The summed E-state index contributed by atoms with van der Waals surface area (Å²) in [6.45, 7) is 5.33. The van der Waals surface area contributed by atoms with Crippen molar-refractivity contribution in [2.75, 3.05) is 11.1 Å². The SMILES string of the molecule is CC(C)(C)OC(=O)Nc1cc(I)c(Cl)c(N)n1. The van der Waals surface area contributed by atoms with Gasteiger partial charge in [0.25, 0.3) is 0 Å². The summed E-state index contributed by atoms with van der Waals surface area (Å²) in [5, 5.41) is 2.87. The Morgan fingerprint density at radius 1 is 1.59 bits per heavy atom. The fourth-order valence-electron chi connectivity index (χ4n) is 0.989. The van der Waals surface area contributed by atoms with E-state index in [1.54, 1.807) is 26.8 Å². The topological polar surface area (TPSA) is 77.2 Å². The Morgan fingerprint density at radius 3 is 2.65 bits per heavy atom. The number of hydrogen-bond donors (Lipinski definition) is 2. The number of amides is 1. The van der Waals surface area contributed by atoms with E-state index in [4.69, 9.17) is 22.1 Å². The molecule has 0 saturated carbocycles. The van der Waals surface area contributed by atoms with Crippen LogP contribution in [0.5, 0.6) is 0 Å². The van der Waals surface area contributed by atoms with Gasteiger partial charge in [-0.2, -0.15) is 0 Å². The van der Waals surface area contributed by atoms with Gasteiger partial charge in [0.2, 0.25) is 0 Å². The first-order valence-corrected chi connectivity index (χ1v) is 6.26. The Morgan fingerprint density at radius 2 is 2.18 bits per heavy atom. The molecular weight excluding hydrogens is 356 g/mol. The van der Waals surface area contributed by atoms with Crippen LogP contribution in [0.25, 0.3) is 0 Å². The Kier molecular flexibility index (Phi) is 4.42. The number of carbonyl (C=O) groups excluding carboxylic acids is 1. The molecule has 0 aromatic carbocycles. The zero-order valence-electron chi connectivity index (χ0n) is 9.67. The van der Waals surface area contributed by atoms with Crippen molar-refractivity contribution in [2.24, 2.45) is 0 Å². The number of nitrogen functional groups attached to an aromatic ring is 1. The molecule has 5 nitrogen and oxygen atoms in total. The highest BCUT2D eigenvalue weighted by atomic mass is 127. The third-order valence-electron chi connectivity index (χ3n) is 1.57. The summed E-state index contributed by atoms with van der Waals surface area (Å²) in [7, 11) is 0. The molecule has 1 amide bonds. The highest BCUT2D eigenvalue weighted by molar-refractivity contribution is 14.1. The molecule has 1 heterocycles. The molecule has 0 radical (unpaired) electrons. The first kappa shape index (κ1) is 14.3. The van der Waals surface area contributed by atoms with E-state index in [2.05, 4.69) is 10.3 Å². The van der Waals surface area contributed by atoms with Crippen molar-refractivity contribution >= 4 is 51.9 Å². The summed E-state index contributed by atoms with van der Waals surface area (Å²) in [5.74, 6) is 0.482. The number of carbonyl (C=O) groups is 1. The Labute approximate surface area is 118 Å². The van der Waals surface area contributed by atoms with Gasteiger partial charge in [0.1, 0.15) is 17.2 Å². The summed E-state index contributed by atoms with van der Waals surface area (Å²) in [6.07, 6.45) is -0.581. The molecule has 94 valence electrons. The summed E-state index contributed by atoms with van der Waals surface area (Å²) < 4.78 is 5.80. The molecule has 0 bridgehead atoms. The summed E-state index contributed by atoms with van der Waals surface area (Å²) in [6, 6.07) is 1.61. The maximum Gasteiger partial charge on any atom is 0.413 e. The normalized spacial score (nSPS) is 11.1. The molecule has 3 N–H and O–H groups in total. The average molecular weight is 370 g/mol. The van der Waals surface area contributed by atoms with Gasteiger partial charge in [-0.3, -0.25) is 5.32 Å². The van der Waals surface area contributed by atoms with E-state index in [-0.39, 0.29) is 5.82 Å². The zero-order valence-corrected chi connectivity index (χ0v) is 12.6. The van der Waals surface area contributed by atoms with E-state index >= 15 is 0 Å². The molecule has 0 saturated heterocycles. The number of nitrogens with one attached hydrogen (secondary N) is 1. The number of ether oxygens (including phenoxy) is 1. The van der Waals surface area contributed by atoms with Crippen LogP contribution in [0, 0.1) is 3.57 Å². The predicted octanol–water partition coefficient (Wildman–Crippen LogP) is 3.27. The van der Waals surface area contributed by atoms with E-state index in [1.165, 1.54) is 0 Å². The standard InChI is InChI=1S/C10H13ClIN3O2/c1-10(2,3)17-9(16)15-6-4-5(12)7(11)8(13)14-6/h4H,1-3H3,(H3,13,14,15,16). The number of nitrogens with zero attached hydrogens (tertiary/aromatic N) is 1. The van der Waals surface area contributed by atoms with Crippen LogP contribution in [0.3, 0.4) is 0 Å². The molecule has 0 atom stereocenters. The number of halogens is 2. The van der Waals surface area contributed by atoms with Crippen LogP contribution >= 0.6 is 34.2 Å². The highest BCUT2D eigenvalue weighted by Crippen LogP contribution is 2.26. The number of aromatic nitrogens is 1. The predicted molar refractivity (Wildman–Crippen MR) is 76.2 cm³/mol. The van der Waals surface area contributed by atoms with Gasteiger partial charge in [-0.25, -0.2) is 9.78 Å². The minimum atomic E-state index is -0.581. The average Bonchev–Trinajstić information content (AvgIpc) is 2.10. The van der Waals surface area contributed by atoms with Gasteiger partial charge < -0.3 is 10.5 Å². The summed E-state index contributed by atoms with van der Waals surface area (Å²) >= 11 is 7.86. The zero-order chi connectivity index (χ0) is 13.2. The van der Waals surface area contributed by atoms with Crippen LogP contribution in [-0.2, 0) is 4.74 Å². The molecule has 0 unspecified atom stereocenters. The van der Waals surface area contributed by atoms with Gasteiger partial charge in [0.15, 0.2) is 0 Å². The molecule has 1 aromatic heterocycles. The second-order valence-corrected chi connectivity index (χ2v) is 5.86. The van der Waals surface area contributed by atoms with Crippen LogP contribution in [0.15, 0.2) is 6.07 Å². The van der Waals surface area contributed by atoms with Gasteiger partial charge in [0, 0.05) is 3.57 Å². The fourth-order valence-corrected chi connectivity index (χ4v) is 1.66. The van der Waals surface area contributed by atoms with Crippen molar-refractivity contribution in [3.05, 3.63) is 14.7 Å². The van der Waals surface area contributed by atoms with Crippen molar-refractivity contribution < 1.29 is 9.53 Å². The van der Waals surface area contributed by atoms with Crippen LogP contribution in [0.4, 0.5) is 16.4 Å². The fraction of sp³-hybridized carbons (Fsp3) is 0.400. The minimum absolute atomic E-state index is 0.171. The summed E-state index contributed by atoms with van der Waals surface area (Å²) in [4.78, 5) is 15.4. The molecule has 1 aromatic rings. The molecule has 0 spiro atoms. The van der Waals surface area contributed by atoms with Crippen molar-refractivity contribution in [3.8, 4) is 0 Å². The highest BCUT2D eigenvalue weighted by Gasteiger charge is 2.17. The third-order valence-corrected chi connectivity index (χ3v) is 3.13. The maximum absolute atomic E-state index is 11.5. The molecule has 0 fully saturated rings. The number of rotatable bonds is 1. The number of anilines is 2. The van der Waals surface area contributed by atoms with Crippen molar-refractivity contribution in [2.45, 2.75) is 26.4 Å². The molecule has 7 heteroatoms. The van der Waals surface area contributed by atoms with E-state index in [0.717, 1.165) is 0 Å². The van der Waals surface area contributed by atoms with Crippen molar-refractivity contribution in [3.63, 3.8) is 0 Å². The molecule has 17 heavy (non-hydrogen) atoms. The second-order valence-electron chi connectivity index (χ2n) is 4.32. The second kappa shape index (κ2) is 5.26. The lowest BCUT2D eigenvalue weighted by Crippen LogP contribution is -2.27. The van der Waals surface area contributed by atoms with Gasteiger partial charge in [-0.1, -0.05) is 11.6 Å². The van der Waals surface area contributed by atoms with Gasteiger partial charge >= 0.3 is 6.09 Å². The van der Waals surface area contributed by atoms with E-state index < -0.39 is 11.7 Å². The van der Waals surface area contributed by atoms with Crippen molar-refractivity contribution in [1.29, 1.82) is 0 Å². The molecule has 0 aliphatic carbocycles. The smallest absolute Gasteiger partial charge is 0.413 e. The first-order valence-electron chi connectivity index (χ1n) is 4.80. The van der Waals surface area contributed by atoms with Crippen LogP contribution in [0.1, 0.15) is 20.8 Å². The summed E-state index contributed by atoms with van der Waals surface area (Å²) in [5.41, 5.74) is 5.02. The van der Waals surface area contributed by atoms with Gasteiger partial charge in [-0.15, -0.1) is 0 Å². The van der Waals surface area contributed by atoms with Crippen molar-refractivity contribution in [1.82, 2.24) is 4.98 Å². The lowest BCUT2D eigenvalue weighted by molar-refractivity contribution is 0.0635. The van der Waals surface area contributed by atoms with E-state index in [1.807, 2.05) is 22.6 Å². The molecule has 1 rings (SSSR count). The molecule has 0 aliphatic rings. The monoisotopic (exact) mass is 369 g/mol. The third kappa shape index (κ3) is 4.55. The Balaban J connectivity index is 2.79. The quantitative estimate of drug-likeness (QED) is 0.745. The lowest BCUT2D eigenvalue weighted by atomic mass is 10.2. The van der Waals surface area contributed by atoms with Gasteiger partial charge in [0.05, 0.1) is 5.02 Å². The van der Waals surface area contributed by atoms with Crippen LogP contribution < -0.4 is 11.1 Å². The number of hydrogen-bond acceptors (Lipinski definition) is 4. The largest absolute Gasteiger partial charge is 0.444 e. The maximum atomic E-state index is 11.5. The Hall–Kier alpha value is -0.760. The number of pyridine rings is 1. The van der Waals surface area contributed by atoms with Crippen LogP contribution in [0.2, 0.25) is 5.02 Å². The first-order chi connectivity index (χ1) is 7.69. The van der Waals surface area contributed by atoms with Crippen LogP contribution in [-0.4, -0.2) is 16.7 Å². The van der Waals surface area contributed by atoms with E-state index in [0.29, 0.717) is 14.4 Å². The minimum Gasteiger partial charge on any atom is -0.444 e. The van der Waals surface area contributed by atoms with Gasteiger partial charge in [-0.05, 0) is 49.4 Å². The Bertz CT molecular complexity index is 423. The lowest BCUT2D eigenvalue weighted by Gasteiger charge is -2.19. The molecular formula is C10H13ClIN3O2.